The van der Waals surface area contributed by atoms with E-state index in [2.05, 4.69) is 16.4 Å². The number of benzene rings is 2. The number of carbonyl (C=O) groups is 1. The topological polar surface area (TPSA) is 60.2 Å². The highest BCUT2D eigenvalue weighted by atomic mass is 16.5. The normalized spacial score (nSPS) is 13.4. The van der Waals surface area contributed by atoms with Crippen molar-refractivity contribution in [2.24, 2.45) is 0 Å². The molecule has 2 aromatic carbocycles. The molecule has 4 rings (SSSR count). The molecule has 1 aliphatic heterocycles. The molecule has 1 aliphatic rings. The first kappa shape index (κ1) is 17.3. The summed E-state index contributed by atoms with van der Waals surface area (Å²) in [4.78, 5) is 14.9. The number of methoxy groups -OCH3 is 1. The molecule has 0 saturated carbocycles. The molecule has 138 valence electrons. The fourth-order valence-corrected chi connectivity index (χ4v) is 3.52. The van der Waals surface area contributed by atoms with Gasteiger partial charge in [0.25, 0.3) is 5.91 Å². The van der Waals surface area contributed by atoms with E-state index in [0.717, 1.165) is 34.7 Å². The molecule has 0 N–H and O–H groups in total. The third-order valence-corrected chi connectivity index (χ3v) is 5.06. The molecule has 1 aromatic heterocycles. The van der Waals surface area contributed by atoms with Crippen molar-refractivity contribution < 1.29 is 9.53 Å². The summed E-state index contributed by atoms with van der Waals surface area (Å²) >= 11 is 0. The van der Waals surface area contributed by atoms with Crippen molar-refractivity contribution >= 4 is 5.91 Å². The summed E-state index contributed by atoms with van der Waals surface area (Å²) in [5.41, 5.74) is 5.59. The number of aryl methyl sites for hydroxylation is 1. The monoisotopic (exact) mass is 362 g/mol. The molecule has 0 spiro atoms. The fraction of sp³-hybridized carbons (Fsp3) is 0.286. The predicted octanol–water partition coefficient (Wildman–Crippen LogP) is 3.09. The molecular weight excluding hydrogens is 340 g/mol. The molecule has 27 heavy (non-hydrogen) atoms. The van der Waals surface area contributed by atoms with Crippen molar-refractivity contribution in [2.75, 3.05) is 13.7 Å². The lowest BCUT2D eigenvalue weighted by atomic mass is 9.99. The Balaban J connectivity index is 1.60. The molecule has 0 bridgehead atoms. The van der Waals surface area contributed by atoms with Crippen molar-refractivity contribution in [1.82, 2.24) is 19.9 Å². The van der Waals surface area contributed by atoms with Crippen LogP contribution in [0.2, 0.25) is 0 Å². The van der Waals surface area contributed by atoms with Crippen molar-refractivity contribution in [3.05, 3.63) is 70.5 Å². The molecule has 6 heteroatoms. The van der Waals surface area contributed by atoms with Gasteiger partial charge in [0.2, 0.25) is 0 Å². The average Bonchev–Trinajstić information content (AvgIpc) is 3.07. The fourth-order valence-electron chi connectivity index (χ4n) is 3.52. The van der Waals surface area contributed by atoms with Gasteiger partial charge in [0.1, 0.15) is 5.75 Å². The maximum absolute atomic E-state index is 13.1. The van der Waals surface area contributed by atoms with Crippen LogP contribution in [0, 0.1) is 13.8 Å². The summed E-state index contributed by atoms with van der Waals surface area (Å²) in [6.07, 6.45) is 0.829. The molecule has 0 saturated heterocycles. The minimum absolute atomic E-state index is 0.0835. The van der Waals surface area contributed by atoms with E-state index in [9.17, 15) is 4.79 Å². The second-order valence-electron chi connectivity index (χ2n) is 6.89. The number of hydrogen-bond acceptors (Lipinski definition) is 4. The van der Waals surface area contributed by atoms with Gasteiger partial charge in [-0.05, 0) is 61.2 Å². The van der Waals surface area contributed by atoms with Gasteiger partial charge in [0.05, 0.1) is 18.5 Å². The average molecular weight is 362 g/mol. The van der Waals surface area contributed by atoms with Gasteiger partial charge >= 0.3 is 0 Å². The lowest BCUT2D eigenvalue weighted by Crippen LogP contribution is -2.36. The van der Waals surface area contributed by atoms with Crippen molar-refractivity contribution in [2.45, 2.75) is 26.8 Å². The summed E-state index contributed by atoms with van der Waals surface area (Å²) in [6, 6.07) is 14.0. The van der Waals surface area contributed by atoms with E-state index < -0.39 is 0 Å². The number of fused-ring (bicyclic) bond motifs is 1. The summed E-state index contributed by atoms with van der Waals surface area (Å²) in [7, 11) is 1.65. The molecule has 0 aliphatic carbocycles. The van der Waals surface area contributed by atoms with Crippen molar-refractivity contribution in [1.29, 1.82) is 0 Å². The van der Waals surface area contributed by atoms with Gasteiger partial charge in [-0.15, -0.1) is 5.10 Å². The van der Waals surface area contributed by atoms with Crippen LogP contribution in [0.3, 0.4) is 0 Å². The van der Waals surface area contributed by atoms with Crippen LogP contribution in [0.25, 0.3) is 5.69 Å². The summed E-state index contributed by atoms with van der Waals surface area (Å²) in [5, 5.41) is 8.40. The first-order chi connectivity index (χ1) is 13.1. The number of aromatic nitrogens is 3. The molecule has 0 radical (unpaired) electrons. The molecule has 2 heterocycles. The zero-order valence-electron chi connectivity index (χ0n) is 15.8. The molecular formula is C21H22N4O2. The number of nitrogens with zero attached hydrogens (tertiary/aromatic N) is 4. The minimum atomic E-state index is -0.0835. The highest BCUT2D eigenvalue weighted by Crippen LogP contribution is 2.25. The van der Waals surface area contributed by atoms with E-state index in [4.69, 9.17) is 4.74 Å². The van der Waals surface area contributed by atoms with Crippen LogP contribution in [0.5, 0.6) is 5.75 Å². The van der Waals surface area contributed by atoms with Gasteiger partial charge in [-0.3, -0.25) is 4.79 Å². The second-order valence-corrected chi connectivity index (χ2v) is 6.89. The number of ether oxygens (including phenoxy) is 1. The maximum atomic E-state index is 13.1. The Morgan fingerprint density at radius 1 is 1.11 bits per heavy atom. The predicted molar refractivity (Wildman–Crippen MR) is 102 cm³/mol. The van der Waals surface area contributed by atoms with E-state index in [-0.39, 0.29) is 5.91 Å². The largest absolute Gasteiger partial charge is 0.497 e. The van der Waals surface area contributed by atoms with Crippen LogP contribution < -0.4 is 4.74 Å². The Labute approximate surface area is 158 Å². The van der Waals surface area contributed by atoms with Gasteiger partial charge in [0, 0.05) is 13.1 Å². The Bertz CT molecular complexity index is 1010. The second kappa shape index (κ2) is 6.87. The smallest absolute Gasteiger partial charge is 0.276 e. The van der Waals surface area contributed by atoms with Gasteiger partial charge in [-0.2, -0.15) is 0 Å². The van der Waals surface area contributed by atoms with Crippen LogP contribution in [0.1, 0.15) is 32.9 Å². The van der Waals surface area contributed by atoms with Crippen LogP contribution in [0.15, 0.2) is 42.5 Å². The van der Waals surface area contributed by atoms with Crippen LogP contribution in [0.4, 0.5) is 0 Å². The third kappa shape index (κ3) is 3.18. The SMILES string of the molecule is COc1ccc2c(c1)CN(C(=O)c1nnn(-c3cccc(C)c3)c1C)CC2. The zero-order valence-corrected chi connectivity index (χ0v) is 15.8. The molecule has 0 unspecified atom stereocenters. The van der Waals surface area contributed by atoms with E-state index in [0.29, 0.717) is 18.8 Å². The Morgan fingerprint density at radius 3 is 2.74 bits per heavy atom. The van der Waals surface area contributed by atoms with Gasteiger partial charge in [0.15, 0.2) is 5.69 Å². The highest BCUT2D eigenvalue weighted by Gasteiger charge is 2.26. The molecule has 0 atom stereocenters. The molecule has 6 nitrogen and oxygen atoms in total. The molecule has 0 fully saturated rings. The highest BCUT2D eigenvalue weighted by molar-refractivity contribution is 5.93. The number of amides is 1. The van der Waals surface area contributed by atoms with Crippen LogP contribution in [-0.2, 0) is 13.0 Å². The van der Waals surface area contributed by atoms with Gasteiger partial charge in [-0.25, -0.2) is 4.68 Å². The minimum Gasteiger partial charge on any atom is -0.497 e. The summed E-state index contributed by atoms with van der Waals surface area (Å²) < 4.78 is 7.04. The zero-order chi connectivity index (χ0) is 19.0. The standard InChI is InChI=1S/C21H22N4O2/c1-14-5-4-6-18(11-14)25-15(2)20(22-23-25)21(26)24-10-9-16-7-8-19(27-3)12-17(16)13-24/h4-8,11-12H,9-10,13H2,1-3H3. The number of carbonyl (C=O) groups excluding carboxylic acids is 1. The van der Waals surface area contributed by atoms with Crippen LogP contribution in [-0.4, -0.2) is 39.5 Å². The van der Waals surface area contributed by atoms with Crippen molar-refractivity contribution in [3.8, 4) is 11.4 Å². The third-order valence-electron chi connectivity index (χ3n) is 5.06. The Kier molecular flexibility index (Phi) is 4.39. The van der Waals surface area contributed by atoms with Gasteiger partial charge < -0.3 is 9.64 Å². The number of rotatable bonds is 3. The maximum Gasteiger partial charge on any atom is 0.276 e. The number of hydrogen-bond donors (Lipinski definition) is 0. The quantitative estimate of drug-likeness (QED) is 0.718. The first-order valence-corrected chi connectivity index (χ1v) is 9.01. The lowest BCUT2D eigenvalue weighted by molar-refractivity contribution is 0.0727. The molecule has 1 amide bonds. The first-order valence-electron chi connectivity index (χ1n) is 9.01. The van der Waals surface area contributed by atoms with E-state index in [1.807, 2.05) is 55.1 Å². The summed E-state index contributed by atoms with van der Waals surface area (Å²) in [6.45, 7) is 5.15. The van der Waals surface area contributed by atoms with Gasteiger partial charge in [-0.1, -0.05) is 23.4 Å². The van der Waals surface area contributed by atoms with Crippen molar-refractivity contribution in [3.63, 3.8) is 0 Å². The Hall–Kier alpha value is -3.15. The van der Waals surface area contributed by atoms with Crippen LogP contribution >= 0.6 is 0 Å². The van der Waals surface area contributed by atoms with E-state index in [1.54, 1.807) is 11.8 Å². The van der Waals surface area contributed by atoms with E-state index >= 15 is 0 Å². The lowest BCUT2D eigenvalue weighted by Gasteiger charge is -2.28. The summed E-state index contributed by atoms with van der Waals surface area (Å²) in [5.74, 6) is 0.726. The van der Waals surface area contributed by atoms with E-state index in [1.165, 1.54) is 5.56 Å². The molecule has 3 aromatic rings. The Morgan fingerprint density at radius 2 is 1.96 bits per heavy atom.